The van der Waals surface area contributed by atoms with Gasteiger partial charge < -0.3 is 14.9 Å². The van der Waals surface area contributed by atoms with E-state index in [1.165, 1.54) is 6.07 Å². The van der Waals surface area contributed by atoms with E-state index in [1.54, 1.807) is 19.2 Å². The smallest absolute Gasteiger partial charge is 0.251 e. The van der Waals surface area contributed by atoms with E-state index in [9.17, 15) is 9.18 Å². The molecule has 212 valence electrons. The summed E-state index contributed by atoms with van der Waals surface area (Å²) in [5.41, 5.74) is 4.37. The Labute approximate surface area is 238 Å². The van der Waals surface area contributed by atoms with Gasteiger partial charge in [0.2, 0.25) is 0 Å². The number of carbonyl (C=O) groups excluding carboxylic acids is 1. The predicted octanol–water partition coefficient (Wildman–Crippen LogP) is 5.23. The van der Waals surface area contributed by atoms with E-state index in [1.807, 2.05) is 18.2 Å². The van der Waals surface area contributed by atoms with Crippen molar-refractivity contribution in [2.75, 3.05) is 20.2 Å². The number of rotatable bonds is 7. The molecule has 1 spiro atoms. The van der Waals surface area contributed by atoms with Crippen molar-refractivity contribution in [2.45, 2.75) is 51.3 Å². The number of hydrogen-bond donors (Lipinski definition) is 2. The molecule has 2 aliphatic heterocycles. The van der Waals surface area contributed by atoms with Crippen molar-refractivity contribution in [3.8, 4) is 5.75 Å². The molecule has 7 rings (SSSR count). The van der Waals surface area contributed by atoms with Gasteiger partial charge in [-0.3, -0.25) is 14.8 Å². The SMILES string of the molecule is CCC12CC13C=CC(c1n[nH]c4ccc(C(=O)NC5CC(C)CN(Cc6c(F)cccc6OC)C5)cc14)=CC3=NO2. The lowest BCUT2D eigenvalue weighted by atomic mass is 9.87. The molecule has 41 heavy (non-hydrogen) atoms. The quantitative estimate of drug-likeness (QED) is 0.417. The number of amides is 1. The molecule has 1 saturated heterocycles. The number of halogens is 1. The Morgan fingerprint density at radius 2 is 2.17 bits per heavy atom. The Bertz CT molecular complexity index is 1640. The topological polar surface area (TPSA) is 91.8 Å². The van der Waals surface area contributed by atoms with Crippen LogP contribution in [0.5, 0.6) is 5.75 Å². The molecule has 4 aliphatic rings. The lowest BCUT2D eigenvalue weighted by Gasteiger charge is -2.37. The third-order valence-corrected chi connectivity index (χ3v) is 9.29. The van der Waals surface area contributed by atoms with Crippen LogP contribution in [-0.2, 0) is 11.4 Å². The second-order valence-corrected chi connectivity index (χ2v) is 12.0. The van der Waals surface area contributed by atoms with Crippen molar-refractivity contribution in [1.29, 1.82) is 0 Å². The summed E-state index contributed by atoms with van der Waals surface area (Å²) < 4.78 is 20.0. The van der Waals surface area contributed by atoms with Crippen molar-refractivity contribution >= 4 is 28.1 Å². The zero-order valence-electron chi connectivity index (χ0n) is 23.5. The van der Waals surface area contributed by atoms with Gasteiger partial charge in [-0.05, 0) is 55.2 Å². The van der Waals surface area contributed by atoms with Crippen LogP contribution in [0, 0.1) is 17.2 Å². The molecule has 4 unspecified atom stereocenters. The first kappa shape index (κ1) is 26.0. The molecule has 9 heteroatoms. The van der Waals surface area contributed by atoms with E-state index in [4.69, 9.17) is 9.57 Å². The number of aromatic nitrogens is 2. The zero-order valence-corrected chi connectivity index (χ0v) is 23.5. The Morgan fingerprint density at radius 1 is 1.29 bits per heavy atom. The van der Waals surface area contributed by atoms with E-state index in [0.717, 1.165) is 53.7 Å². The number of allylic oxidation sites excluding steroid dienone is 3. The molecule has 4 atom stereocenters. The molecule has 2 aromatic carbocycles. The number of carbonyl (C=O) groups is 1. The Morgan fingerprint density at radius 3 is 2.98 bits per heavy atom. The number of likely N-dealkylation sites (tertiary alicyclic amines) is 1. The largest absolute Gasteiger partial charge is 0.496 e. The van der Waals surface area contributed by atoms with Gasteiger partial charge in [0.1, 0.15) is 11.6 Å². The van der Waals surface area contributed by atoms with Gasteiger partial charge >= 0.3 is 0 Å². The number of ether oxygens (including phenoxy) is 1. The van der Waals surface area contributed by atoms with Crippen molar-refractivity contribution < 1.29 is 18.8 Å². The molecule has 0 radical (unpaired) electrons. The molecule has 1 saturated carbocycles. The third-order valence-electron chi connectivity index (χ3n) is 9.29. The summed E-state index contributed by atoms with van der Waals surface area (Å²) in [6, 6.07) is 10.5. The second kappa shape index (κ2) is 9.55. The normalized spacial score (nSPS) is 28.4. The van der Waals surface area contributed by atoms with Gasteiger partial charge in [-0.25, -0.2) is 4.39 Å². The summed E-state index contributed by atoms with van der Waals surface area (Å²) in [6.07, 6.45) is 9.13. The Balaban J connectivity index is 1.08. The van der Waals surface area contributed by atoms with E-state index in [-0.39, 0.29) is 28.8 Å². The maximum atomic E-state index is 14.6. The van der Waals surface area contributed by atoms with Gasteiger partial charge in [0.25, 0.3) is 5.91 Å². The highest BCUT2D eigenvalue weighted by molar-refractivity contribution is 6.14. The number of hydrogen-bond acceptors (Lipinski definition) is 6. The Hall–Kier alpha value is -3.98. The number of oxime groups is 1. The van der Waals surface area contributed by atoms with Crippen LogP contribution in [0.25, 0.3) is 16.5 Å². The summed E-state index contributed by atoms with van der Waals surface area (Å²) in [5.74, 6) is 0.483. The van der Waals surface area contributed by atoms with E-state index < -0.39 is 0 Å². The summed E-state index contributed by atoms with van der Waals surface area (Å²) in [4.78, 5) is 21.5. The maximum absolute atomic E-state index is 14.6. The molecule has 1 aromatic heterocycles. The van der Waals surface area contributed by atoms with Crippen LogP contribution in [0.3, 0.4) is 0 Å². The zero-order chi connectivity index (χ0) is 28.4. The minimum atomic E-state index is -0.278. The number of nitrogens with one attached hydrogen (secondary N) is 2. The van der Waals surface area contributed by atoms with Crippen molar-refractivity contribution in [2.24, 2.45) is 16.5 Å². The predicted molar refractivity (Wildman–Crippen MR) is 155 cm³/mol. The van der Waals surface area contributed by atoms with Gasteiger partial charge in [0, 0.05) is 54.2 Å². The monoisotopic (exact) mass is 555 g/mol. The highest BCUT2D eigenvalue weighted by atomic mass is 19.1. The average Bonchev–Trinajstić information content (AvgIpc) is 3.24. The third kappa shape index (κ3) is 4.17. The van der Waals surface area contributed by atoms with E-state index in [0.29, 0.717) is 35.9 Å². The van der Waals surface area contributed by atoms with Gasteiger partial charge in [-0.15, -0.1) is 0 Å². The number of H-pyrrole nitrogens is 1. The second-order valence-electron chi connectivity index (χ2n) is 12.0. The van der Waals surface area contributed by atoms with Crippen LogP contribution in [-0.4, -0.2) is 58.6 Å². The number of nitrogens with zero attached hydrogens (tertiary/aromatic N) is 3. The van der Waals surface area contributed by atoms with Crippen molar-refractivity contribution in [1.82, 2.24) is 20.4 Å². The molecule has 1 amide bonds. The van der Waals surface area contributed by atoms with Crippen molar-refractivity contribution in [3.63, 3.8) is 0 Å². The van der Waals surface area contributed by atoms with Crippen LogP contribution in [0.4, 0.5) is 4.39 Å². The molecule has 3 aromatic rings. The van der Waals surface area contributed by atoms with Crippen LogP contribution < -0.4 is 10.1 Å². The summed E-state index contributed by atoms with van der Waals surface area (Å²) >= 11 is 0. The minimum absolute atomic E-state index is 0.0542. The van der Waals surface area contributed by atoms with Crippen LogP contribution in [0.15, 0.2) is 59.8 Å². The first-order valence-electron chi connectivity index (χ1n) is 14.4. The molecule has 2 fully saturated rings. The summed E-state index contributed by atoms with van der Waals surface area (Å²) in [7, 11) is 1.56. The lowest BCUT2D eigenvalue weighted by molar-refractivity contribution is 0.0384. The molecular formula is C32H34FN5O3. The molecule has 2 aliphatic carbocycles. The summed E-state index contributed by atoms with van der Waals surface area (Å²) in [5, 5.41) is 16.2. The van der Waals surface area contributed by atoms with Gasteiger partial charge in [-0.2, -0.15) is 5.10 Å². The number of fused-ring (bicyclic) bond motifs is 1. The maximum Gasteiger partial charge on any atom is 0.251 e. The van der Waals surface area contributed by atoms with Crippen molar-refractivity contribution in [3.05, 3.63) is 77.3 Å². The molecule has 0 bridgehead atoms. The first-order valence-corrected chi connectivity index (χ1v) is 14.4. The number of piperidine rings is 1. The molecule has 8 nitrogen and oxygen atoms in total. The number of benzene rings is 2. The number of aromatic amines is 1. The van der Waals surface area contributed by atoms with Gasteiger partial charge in [-0.1, -0.05) is 37.2 Å². The van der Waals surface area contributed by atoms with Crippen LogP contribution in [0.2, 0.25) is 0 Å². The molecule has 2 N–H and O–H groups in total. The average molecular weight is 556 g/mol. The lowest BCUT2D eigenvalue weighted by Crippen LogP contribution is -2.50. The van der Waals surface area contributed by atoms with E-state index in [2.05, 4.69) is 57.6 Å². The minimum Gasteiger partial charge on any atom is -0.496 e. The fraction of sp³-hybridized carbons (Fsp3) is 0.406. The molecule has 3 heterocycles. The van der Waals surface area contributed by atoms with E-state index >= 15 is 0 Å². The highest BCUT2D eigenvalue weighted by Gasteiger charge is 2.74. The molecular weight excluding hydrogens is 521 g/mol. The van der Waals surface area contributed by atoms with Gasteiger partial charge in [0.15, 0.2) is 5.60 Å². The highest BCUT2D eigenvalue weighted by Crippen LogP contribution is 2.67. The Kier molecular flexibility index (Phi) is 6.04. The standard InChI is InChI=1S/C32H34FN5O3/c1-4-32-18-31(32)11-10-20(14-28(31)37-41-32)29-23-13-21(8-9-26(23)35-36-29)30(39)34-22-12-19(2)15-38(16-22)17-24-25(33)6-5-7-27(24)40-3/h5-11,13-14,19,22H,4,12,15-18H2,1-3H3,(H,34,39)(H,35,36). The fourth-order valence-corrected chi connectivity index (χ4v) is 7.04. The van der Waals surface area contributed by atoms with Gasteiger partial charge in [0.05, 0.1) is 29.4 Å². The summed E-state index contributed by atoms with van der Waals surface area (Å²) in [6.45, 7) is 6.19. The first-order chi connectivity index (χ1) is 19.8. The van der Waals surface area contributed by atoms with Crippen LogP contribution >= 0.6 is 0 Å². The van der Waals surface area contributed by atoms with Crippen LogP contribution in [0.1, 0.15) is 54.7 Å². The number of methoxy groups -OCH3 is 1. The fourth-order valence-electron chi connectivity index (χ4n) is 7.04.